The molecule has 0 saturated carbocycles. The highest BCUT2D eigenvalue weighted by molar-refractivity contribution is 5.94. The Morgan fingerprint density at radius 3 is 2.33 bits per heavy atom. The van der Waals surface area contributed by atoms with Gasteiger partial charge < -0.3 is 14.8 Å². The van der Waals surface area contributed by atoms with Crippen molar-refractivity contribution >= 4 is 5.91 Å². The standard InChI is InChI=1S/C19H22FNO3/c1-3-23-17-10-7-15(13-18(17)24-4-2)19(22)21-12-11-14-5-8-16(20)9-6-14/h5-10,13H,3-4,11-12H2,1-2H3,(H,21,22). The van der Waals surface area contributed by atoms with Crippen LogP contribution in [0, 0.1) is 5.82 Å². The zero-order valence-corrected chi connectivity index (χ0v) is 14.0. The van der Waals surface area contributed by atoms with E-state index in [9.17, 15) is 9.18 Å². The Kier molecular flexibility index (Phi) is 6.61. The lowest BCUT2D eigenvalue weighted by Gasteiger charge is -2.12. The Morgan fingerprint density at radius 1 is 1.00 bits per heavy atom. The summed E-state index contributed by atoms with van der Waals surface area (Å²) in [6.07, 6.45) is 0.640. The minimum absolute atomic E-state index is 0.180. The molecular weight excluding hydrogens is 309 g/mol. The van der Waals surface area contributed by atoms with Crippen molar-refractivity contribution in [3.8, 4) is 11.5 Å². The first-order chi connectivity index (χ1) is 11.6. The van der Waals surface area contributed by atoms with Crippen molar-refractivity contribution in [2.45, 2.75) is 20.3 Å². The molecule has 0 saturated heterocycles. The van der Waals surface area contributed by atoms with Crippen molar-refractivity contribution in [2.24, 2.45) is 0 Å². The third-order valence-electron chi connectivity index (χ3n) is 3.42. The van der Waals surface area contributed by atoms with Crippen LogP contribution in [0.2, 0.25) is 0 Å². The molecule has 24 heavy (non-hydrogen) atoms. The summed E-state index contributed by atoms with van der Waals surface area (Å²) in [6, 6.07) is 11.4. The predicted octanol–water partition coefficient (Wildman–Crippen LogP) is 3.60. The molecule has 1 amide bonds. The molecule has 0 bridgehead atoms. The summed E-state index contributed by atoms with van der Waals surface area (Å²) in [5.41, 5.74) is 1.49. The van der Waals surface area contributed by atoms with Crippen molar-refractivity contribution in [1.29, 1.82) is 0 Å². The van der Waals surface area contributed by atoms with E-state index in [1.807, 2.05) is 13.8 Å². The fourth-order valence-corrected chi connectivity index (χ4v) is 2.27. The third-order valence-corrected chi connectivity index (χ3v) is 3.42. The van der Waals surface area contributed by atoms with Gasteiger partial charge in [-0.05, 0) is 56.2 Å². The number of carbonyl (C=O) groups is 1. The van der Waals surface area contributed by atoms with Crippen LogP contribution in [0.1, 0.15) is 29.8 Å². The first-order valence-corrected chi connectivity index (χ1v) is 8.06. The molecule has 0 aliphatic rings. The van der Waals surface area contributed by atoms with Crippen LogP contribution in [0.5, 0.6) is 11.5 Å². The van der Waals surface area contributed by atoms with Crippen molar-refractivity contribution in [3.05, 3.63) is 59.4 Å². The molecule has 0 aliphatic heterocycles. The zero-order valence-electron chi connectivity index (χ0n) is 14.0. The summed E-state index contributed by atoms with van der Waals surface area (Å²) in [7, 11) is 0. The second-order valence-electron chi connectivity index (χ2n) is 5.16. The number of rotatable bonds is 8. The minimum atomic E-state index is -0.263. The quantitative estimate of drug-likeness (QED) is 0.804. The van der Waals surface area contributed by atoms with Gasteiger partial charge in [0.05, 0.1) is 13.2 Å². The van der Waals surface area contributed by atoms with Gasteiger partial charge in [0.1, 0.15) is 5.82 Å². The van der Waals surface area contributed by atoms with Gasteiger partial charge in [0.25, 0.3) is 5.91 Å². The molecule has 2 rings (SSSR count). The maximum Gasteiger partial charge on any atom is 0.251 e. The van der Waals surface area contributed by atoms with E-state index in [1.165, 1.54) is 12.1 Å². The third kappa shape index (κ3) is 4.98. The van der Waals surface area contributed by atoms with Gasteiger partial charge in [0, 0.05) is 12.1 Å². The normalized spacial score (nSPS) is 10.3. The van der Waals surface area contributed by atoms with Crippen LogP contribution in [0.4, 0.5) is 4.39 Å². The van der Waals surface area contributed by atoms with Crippen molar-refractivity contribution in [2.75, 3.05) is 19.8 Å². The topological polar surface area (TPSA) is 47.6 Å². The number of nitrogens with one attached hydrogen (secondary N) is 1. The molecule has 2 aromatic rings. The van der Waals surface area contributed by atoms with Gasteiger partial charge in [0.15, 0.2) is 11.5 Å². The Morgan fingerprint density at radius 2 is 1.67 bits per heavy atom. The fraction of sp³-hybridized carbons (Fsp3) is 0.316. The molecule has 5 heteroatoms. The Balaban J connectivity index is 1.96. The number of ether oxygens (including phenoxy) is 2. The van der Waals surface area contributed by atoms with E-state index in [1.54, 1.807) is 30.3 Å². The van der Waals surface area contributed by atoms with Gasteiger partial charge in [0.2, 0.25) is 0 Å². The molecule has 0 fully saturated rings. The van der Waals surface area contributed by atoms with E-state index < -0.39 is 0 Å². The molecule has 4 nitrogen and oxygen atoms in total. The highest BCUT2D eigenvalue weighted by Gasteiger charge is 2.11. The number of halogens is 1. The van der Waals surface area contributed by atoms with Crippen LogP contribution in [0.25, 0.3) is 0 Å². The van der Waals surface area contributed by atoms with Crippen LogP contribution < -0.4 is 14.8 Å². The maximum absolute atomic E-state index is 12.9. The summed E-state index contributed by atoms with van der Waals surface area (Å²) in [5.74, 6) is 0.745. The van der Waals surface area contributed by atoms with Crippen molar-refractivity contribution in [3.63, 3.8) is 0 Å². The Bertz CT molecular complexity index is 671. The molecule has 0 spiro atoms. The lowest BCUT2D eigenvalue weighted by molar-refractivity contribution is 0.0953. The van der Waals surface area contributed by atoms with E-state index in [-0.39, 0.29) is 11.7 Å². The summed E-state index contributed by atoms with van der Waals surface area (Å²) in [5, 5.41) is 2.85. The second kappa shape index (κ2) is 8.91. The van der Waals surface area contributed by atoms with Crippen LogP contribution >= 0.6 is 0 Å². The first-order valence-electron chi connectivity index (χ1n) is 8.06. The van der Waals surface area contributed by atoms with E-state index in [2.05, 4.69) is 5.32 Å². The molecule has 0 unspecified atom stereocenters. The molecule has 0 aliphatic carbocycles. The monoisotopic (exact) mass is 331 g/mol. The summed E-state index contributed by atoms with van der Waals surface area (Å²) in [6.45, 7) is 5.28. The van der Waals surface area contributed by atoms with Gasteiger partial charge in [-0.1, -0.05) is 12.1 Å². The molecule has 1 N–H and O–H groups in total. The molecular formula is C19H22FNO3. The lowest BCUT2D eigenvalue weighted by atomic mass is 10.1. The molecule has 0 heterocycles. The number of benzene rings is 2. The maximum atomic E-state index is 12.9. The summed E-state index contributed by atoms with van der Waals surface area (Å²) < 4.78 is 23.9. The van der Waals surface area contributed by atoms with Gasteiger partial charge in [-0.2, -0.15) is 0 Å². The Labute approximate surface area is 141 Å². The smallest absolute Gasteiger partial charge is 0.251 e. The lowest BCUT2D eigenvalue weighted by Crippen LogP contribution is -2.25. The van der Waals surface area contributed by atoms with Gasteiger partial charge in [-0.25, -0.2) is 4.39 Å². The van der Waals surface area contributed by atoms with Gasteiger partial charge >= 0.3 is 0 Å². The number of amides is 1. The van der Waals surface area contributed by atoms with Crippen LogP contribution in [0.15, 0.2) is 42.5 Å². The first kappa shape index (κ1) is 17.8. The number of hydrogen-bond acceptors (Lipinski definition) is 3. The molecule has 0 radical (unpaired) electrons. The van der Waals surface area contributed by atoms with Crippen LogP contribution in [-0.4, -0.2) is 25.7 Å². The fourth-order valence-electron chi connectivity index (χ4n) is 2.27. The van der Waals surface area contributed by atoms with Gasteiger partial charge in [-0.3, -0.25) is 4.79 Å². The van der Waals surface area contributed by atoms with Gasteiger partial charge in [-0.15, -0.1) is 0 Å². The predicted molar refractivity (Wildman–Crippen MR) is 91.2 cm³/mol. The van der Waals surface area contributed by atoms with Crippen LogP contribution in [0.3, 0.4) is 0 Å². The van der Waals surface area contributed by atoms with Crippen molar-refractivity contribution < 1.29 is 18.7 Å². The minimum Gasteiger partial charge on any atom is -0.490 e. The zero-order chi connectivity index (χ0) is 17.4. The highest BCUT2D eigenvalue weighted by atomic mass is 19.1. The molecule has 0 aromatic heterocycles. The Hall–Kier alpha value is -2.56. The van der Waals surface area contributed by atoms with E-state index in [0.29, 0.717) is 43.2 Å². The molecule has 2 aromatic carbocycles. The largest absolute Gasteiger partial charge is 0.490 e. The van der Waals surface area contributed by atoms with E-state index in [0.717, 1.165) is 5.56 Å². The SMILES string of the molecule is CCOc1ccc(C(=O)NCCc2ccc(F)cc2)cc1OCC. The highest BCUT2D eigenvalue weighted by Crippen LogP contribution is 2.28. The molecule has 0 atom stereocenters. The number of hydrogen-bond donors (Lipinski definition) is 1. The number of carbonyl (C=O) groups excluding carboxylic acids is 1. The summed E-state index contributed by atoms with van der Waals surface area (Å²) in [4.78, 5) is 12.2. The second-order valence-corrected chi connectivity index (χ2v) is 5.16. The summed E-state index contributed by atoms with van der Waals surface area (Å²) >= 11 is 0. The molecule has 128 valence electrons. The van der Waals surface area contributed by atoms with Crippen molar-refractivity contribution in [1.82, 2.24) is 5.32 Å². The van der Waals surface area contributed by atoms with E-state index >= 15 is 0 Å². The van der Waals surface area contributed by atoms with E-state index in [4.69, 9.17) is 9.47 Å². The van der Waals surface area contributed by atoms with Crippen LogP contribution in [-0.2, 0) is 6.42 Å². The average molecular weight is 331 g/mol. The average Bonchev–Trinajstić information content (AvgIpc) is 2.58.